The first-order chi connectivity index (χ1) is 13.8. The number of primary sulfonamides is 1. The number of carbonyl (C=O) groups is 1. The van der Waals surface area contributed by atoms with E-state index in [2.05, 4.69) is 5.32 Å². The number of sulfonamides is 1. The van der Waals surface area contributed by atoms with Gasteiger partial charge in [0.1, 0.15) is 5.75 Å². The van der Waals surface area contributed by atoms with E-state index in [0.717, 1.165) is 16.7 Å². The van der Waals surface area contributed by atoms with Crippen LogP contribution in [-0.2, 0) is 21.4 Å². The molecule has 0 saturated heterocycles. The highest BCUT2D eigenvalue weighted by molar-refractivity contribution is 7.89. The third-order valence-electron chi connectivity index (χ3n) is 4.36. The van der Waals surface area contributed by atoms with Crippen molar-refractivity contribution in [3.63, 3.8) is 0 Å². The van der Waals surface area contributed by atoms with Crippen molar-refractivity contribution >= 4 is 15.9 Å². The molecule has 7 heteroatoms. The Hall–Kier alpha value is -3.16. The number of hydrogen-bond acceptors (Lipinski definition) is 4. The van der Waals surface area contributed by atoms with Crippen LogP contribution in [0.15, 0.2) is 83.8 Å². The van der Waals surface area contributed by atoms with Gasteiger partial charge in [-0.3, -0.25) is 4.79 Å². The SMILES string of the molecule is CC(Oc1ccc(-c2ccccc2)cc1)C(=O)NCc1ccc(S(N)(=O)=O)cc1. The lowest BCUT2D eigenvalue weighted by Crippen LogP contribution is -2.35. The summed E-state index contributed by atoms with van der Waals surface area (Å²) < 4.78 is 28.2. The second-order valence-corrected chi connectivity index (χ2v) is 8.12. The topological polar surface area (TPSA) is 98.5 Å². The highest BCUT2D eigenvalue weighted by Gasteiger charge is 2.15. The Kier molecular flexibility index (Phi) is 6.31. The lowest BCUT2D eigenvalue weighted by molar-refractivity contribution is -0.127. The van der Waals surface area contributed by atoms with Gasteiger partial charge in [-0.2, -0.15) is 0 Å². The molecule has 0 aliphatic carbocycles. The maximum atomic E-state index is 12.3. The van der Waals surface area contributed by atoms with E-state index in [1.165, 1.54) is 12.1 Å². The molecule has 1 unspecified atom stereocenters. The number of nitrogens with two attached hydrogens (primary N) is 1. The van der Waals surface area contributed by atoms with Gasteiger partial charge in [0, 0.05) is 6.54 Å². The lowest BCUT2D eigenvalue weighted by Gasteiger charge is -2.15. The molecule has 6 nitrogen and oxygen atoms in total. The summed E-state index contributed by atoms with van der Waals surface area (Å²) in [7, 11) is -3.73. The minimum Gasteiger partial charge on any atom is -0.481 e. The van der Waals surface area contributed by atoms with Crippen molar-refractivity contribution in [3.8, 4) is 16.9 Å². The van der Waals surface area contributed by atoms with Gasteiger partial charge in [-0.15, -0.1) is 0 Å². The van der Waals surface area contributed by atoms with Gasteiger partial charge in [-0.25, -0.2) is 13.6 Å². The third-order valence-corrected chi connectivity index (χ3v) is 5.29. The standard InChI is InChI=1S/C22H22N2O4S/c1-16(22(25)24-15-17-7-13-21(14-8-17)29(23,26)27)28-20-11-9-19(10-12-20)18-5-3-2-4-6-18/h2-14,16H,15H2,1H3,(H,24,25)(H2,23,26,27). The van der Waals surface area contributed by atoms with E-state index in [-0.39, 0.29) is 17.3 Å². The van der Waals surface area contributed by atoms with Crippen molar-refractivity contribution in [1.29, 1.82) is 0 Å². The summed E-state index contributed by atoms with van der Waals surface area (Å²) in [5.41, 5.74) is 2.93. The molecular weight excluding hydrogens is 388 g/mol. The summed E-state index contributed by atoms with van der Waals surface area (Å²) in [6.45, 7) is 1.93. The Balaban J connectivity index is 1.54. The van der Waals surface area contributed by atoms with Crippen LogP contribution in [0.1, 0.15) is 12.5 Å². The van der Waals surface area contributed by atoms with Crippen LogP contribution in [0.4, 0.5) is 0 Å². The second kappa shape index (κ2) is 8.89. The summed E-state index contributed by atoms with van der Waals surface area (Å²) >= 11 is 0. The molecular formula is C22H22N2O4S. The molecule has 0 aliphatic rings. The second-order valence-electron chi connectivity index (χ2n) is 6.56. The Bertz CT molecular complexity index is 1060. The van der Waals surface area contributed by atoms with Gasteiger partial charge in [-0.1, -0.05) is 54.6 Å². The minimum atomic E-state index is -3.73. The van der Waals surface area contributed by atoms with Crippen LogP contribution in [0.5, 0.6) is 5.75 Å². The summed E-state index contributed by atoms with van der Waals surface area (Å²) in [6.07, 6.45) is -0.679. The molecule has 3 aromatic carbocycles. The van der Waals surface area contributed by atoms with Gasteiger partial charge in [0.2, 0.25) is 10.0 Å². The highest BCUT2D eigenvalue weighted by atomic mass is 32.2. The lowest BCUT2D eigenvalue weighted by atomic mass is 10.1. The predicted molar refractivity (Wildman–Crippen MR) is 112 cm³/mol. The molecule has 150 valence electrons. The molecule has 0 aromatic heterocycles. The first kappa shape index (κ1) is 20.6. The molecule has 0 bridgehead atoms. The number of hydrogen-bond donors (Lipinski definition) is 2. The van der Waals surface area contributed by atoms with Crippen LogP contribution >= 0.6 is 0 Å². The quantitative estimate of drug-likeness (QED) is 0.625. The molecule has 3 aromatic rings. The molecule has 29 heavy (non-hydrogen) atoms. The van der Waals surface area contributed by atoms with Crippen molar-refractivity contribution < 1.29 is 17.9 Å². The number of carbonyl (C=O) groups excluding carboxylic acids is 1. The normalized spacial score (nSPS) is 12.2. The zero-order valence-electron chi connectivity index (χ0n) is 15.9. The van der Waals surface area contributed by atoms with Crippen LogP contribution in [-0.4, -0.2) is 20.4 Å². The van der Waals surface area contributed by atoms with E-state index in [1.54, 1.807) is 19.1 Å². The van der Waals surface area contributed by atoms with Crippen molar-refractivity contribution in [1.82, 2.24) is 5.32 Å². The summed E-state index contributed by atoms with van der Waals surface area (Å²) in [5.74, 6) is 0.331. The molecule has 3 N–H and O–H groups in total. The van der Waals surface area contributed by atoms with E-state index in [1.807, 2.05) is 54.6 Å². The average molecular weight is 410 g/mol. The van der Waals surface area contributed by atoms with Crippen molar-refractivity contribution in [2.45, 2.75) is 24.5 Å². The monoisotopic (exact) mass is 410 g/mol. The van der Waals surface area contributed by atoms with E-state index < -0.39 is 16.1 Å². The van der Waals surface area contributed by atoms with E-state index >= 15 is 0 Å². The molecule has 0 saturated carbocycles. The highest BCUT2D eigenvalue weighted by Crippen LogP contribution is 2.22. The molecule has 1 amide bonds. The van der Waals surface area contributed by atoms with Gasteiger partial charge >= 0.3 is 0 Å². The van der Waals surface area contributed by atoms with Crippen LogP contribution in [0.3, 0.4) is 0 Å². The van der Waals surface area contributed by atoms with Crippen LogP contribution in [0.25, 0.3) is 11.1 Å². The zero-order valence-corrected chi connectivity index (χ0v) is 16.7. The molecule has 3 rings (SSSR count). The number of rotatable bonds is 7. The molecule has 0 fully saturated rings. The fourth-order valence-electron chi connectivity index (χ4n) is 2.74. The van der Waals surface area contributed by atoms with Gasteiger partial charge < -0.3 is 10.1 Å². The average Bonchev–Trinajstić information content (AvgIpc) is 2.73. The van der Waals surface area contributed by atoms with Crippen molar-refractivity contribution in [3.05, 3.63) is 84.4 Å². The summed E-state index contributed by atoms with van der Waals surface area (Å²) in [6, 6.07) is 23.6. The van der Waals surface area contributed by atoms with Crippen LogP contribution in [0, 0.1) is 0 Å². The van der Waals surface area contributed by atoms with E-state index in [4.69, 9.17) is 9.88 Å². The van der Waals surface area contributed by atoms with Gasteiger partial charge in [-0.05, 0) is 47.9 Å². The predicted octanol–water partition coefficient (Wildman–Crippen LogP) is 3.08. The Morgan fingerprint density at radius 1 is 0.931 bits per heavy atom. The van der Waals surface area contributed by atoms with Gasteiger partial charge in [0.25, 0.3) is 5.91 Å². The number of nitrogens with one attached hydrogen (secondary N) is 1. The van der Waals surface area contributed by atoms with Gasteiger partial charge in [0.15, 0.2) is 6.10 Å². The first-order valence-corrected chi connectivity index (χ1v) is 10.6. The Morgan fingerprint density at radius 3 is 2.10 bits per heavy atom. The van der Waals surface area contributed by atoms with Gasteiger partial charge in [0.05, 0.1) is 4.90 Å². The van der Waals surface area contributed by atoms with Crippen molar-refractivity contribution in [2.24, 2.45) is 5.14 Å². The minimum absolute atomic E-state index is 0.0308. The van der Waals surface area contributed by atoms with Crippen LogP contribution < -0.4 is 15.2 Å². The Morgan fingerprint density at radius 2 is 1.52 bits per heavy atom. The van der Waals surface area contributed by atoms with E-state index in [9.17, 15) is 13.2 Å². The molecule has 0 aliphatic heterocycles. The maximum Gasteiger partial charge on any atom is 0.261 e. The van der Waals surface area contributed by atoms with E-state index in [0.29, 0.717) is 5.75 Å². The van der Waals surface area contributed by atoms with Crippen LogP contribution in [0.2, 0.25) is 0 Å². The fourth-order valence-corrected chi connectivity index (χ4v) is 3.26. The third kappa shape index (κ3) is 5.66. The molecule has 0 heterocycles. The number of amides is 1. The summed E-state index contributed by atoms with van der Waals surface area (Å²) in [5, 5.41) is 7.84. The Labute approximate surface area is 170 Å². The smallest absolute Gasteiger partial charge is 0.261 e. The molecule has 0 spiro atoms. The summed E-state index contributed by atoms with van der Waals surface area (Å²) in [4.78, 5) is 12.3. The molecule has 1 atom stereocenters. The first-order valence-electron chi connectivity index (χ1n) is 9.04. The number of benzene rings is 3. The largest absolute Gasteiger partial charge is 0.481 e. The molecule has 0 radical (unpaired) electrons. The number of ether oxygens (including phenoxy) is 1. The maximum absolute atomic E-state index is 12.3. The van der Waals surface area contributed by atoms with Crippen molar-refractivity contribution in [2.75, 3.05) is 0 Å². The zero-order chi connectivity index (χ0) is 20.9. The fraction of sp³-hybridized carbons (Fsp3) is 0.136.